The van der Waals surface area contributed by atoms with E-state index in [0.29, 0.717) is 23.9 Å². The molecule has 0 saturated carbocycles. The van der Waals surface area contributed by atoms with Crippen molar-refractivity contribution in [2.45, 2.75) is 32.0 Å². The first kappa shape index (κ1) is 24.2. The average molecular weight is 468 g/mol. The van der Waals surface area contributed by atoms with Gasteiger partial charge in [-0.05, 0) is 37.6 Å². The monoisotopic (exact) mass is 467 g/mol. The number of aromatic nitrogens is 3. The minimum absolute atomic E-state index is 0.00358. The highest BCUT2D eigenvalue weighted by Crippen LogP contribution is 2.20. The van der Waals surface area contributed by atoms with Crippen LogP contribution in [0.2, 0.25) is 0 Å². The molecule has 2 N–H and O–H groups in total. The van der Waals surface area contributed by atoms with Gasteiger partial charge in [0.15, 0.2) is 5.16 Å². The van der Waals surface area contributed by atoms with Crippen molar-refractivity contribution in [2.24, 2.45) is 0 Å². The lowest BCUT2D eigenvalue weighted by Crippen LogP contribution is -2.27. The highest BCUT2D eigenvalue weighted by molar-refractivity contribution is 7.99. The smallest absolute Gasteiger partial charge is 0.254 e. The van der Waals surface area contributed by atoms with Crippen LogP contribution in [0.4, 0.5) is 10.1 Å². The second-order valence-electron chi connectivity index (χ2n) is 7.44. The van der Waals surface area contributed by atoms with Crippen molar-refractivity contribution < 1.29 is 14.0 Å². The summed E-state index contributed by atoms with van der Waals surface area (Å²) < 4.78 is 15.6. The third kappa shape index (κ3) is 6.52. The third-order valence-corrected chi connectivity index (χ3v) is 5.81. The summed E-state index contributed by atoms with van der Waals surface area (Å²) in [5, 5.41) is 14.6. The number of anilines is 1. The number of hydrogen-bond donors (Lipinski definition) is 2. The first-order chi connectivity index (χ1) is 15.9. The van der Waals surface area contributed by atoms with Crippen molar-refractivity contribution in [1.29, 1.82) is 0 Å². The van der Waals surface area contributed by atoms with Gasteiger partial charge in [0.1, 0.15) is 11.6 Å². The lowest BCUT2D eigenvalue weighted by Gasteiger charge is -2.10. The number of nitrogens with one attached hydrogen (secondary N) is 2. The molecular formula is C24H26FN5O2S. The van der Waals surface area contributed by atoms with Gasteiger partial charge in [0.2, 0.25) is 5.91 Å². The molecule has 3 rings (SSSR count). The maximum Gasteiger partial charge on any atom is 0.254 e. The van der Waals surface area contributed by atoms with Crippen LogP contribution in [0.25, 0.3) is 0 Å². The predicted octanol–water partition coefficient (Wildman–Crippen LogP) is 3.92. The highest BCUT2D eigenvalue weighted by Gasteiger charge is 2.15. The molecule has 0 spiro atoms. The number of amides is 2. The summed E-state index contributed by atoms with van der Waals surface area (Å²) in [7, 11) is 0. The normalized spacial score (nSPS) is 10.6. The van der Waals surface area contributed by atoms with Gasteiger partial charge in [-0.2, -0.15) is 0 Å². The fourth-order valence-corrected chi connectivity index (χ4v) is 3.99. The van der Waals surface area contributed by atoms with Crippen molar-refractivity contribution >= 4 is 29.3 Å². The Bertz CT molecular complexity index is 1160. The Morgan fingerprint density at radius 1 is 1.18 bits per heavy atom. The Morgan fingerprint density at radius 2 is 1.97 bits per heavy atom. The fourth-order valence-electron chi connectivity index (χ4n) is 3.22. The number of carbonyl (C=O) groups excluding carboxylic acids is 2. The number of nitrogens with zero attached hydrogens (tertiary/aromatic N) is 3. The SMILES string of the molecule is C=CCn1c(CCNC(=O)c2ccccc2F)nnc1SCC(=O)Nc1ccc(C)cc1C. The number of benzene rings is 2. The van der Waals surface area contributed by atoms with Crippen molar-refractivity contribution in [3.8, 4) is 0 Å². The van der Waals surface area contributed by atoms with Gasteiger partial charge in [0.05, 0.1) is 11.3 Å². The second kappa shape index (κ2) is 11.4. The molecule has 0 bridgehead atoms. The minimum Gasteiger partial charge on any atom is -0.351 e. The lowest BCUT2D eigenvalue weighted by molar-refractivity contribution is -0.113. The first-order valence-electron chi connectivity index (χ1n) is 10.4. The van der Waals surface area contributed by atoms with Crippen molar-refractivity contribution in [1.82, 2.24) is 20.1 Å². The van der Waals surface area contributed by atoms with Crippen molar-refractivity contribution in [3.05, 3.63) is 83.5 Å². The van der Waals surface area contributed by atoms with Gasteiger partial charge < -0.3 is 15.2 Å². The standard InChI is InChI=1S/C24H26FN5O2S/c1-4-13-30-21(11-12-26-23(32)18-7-5-6-8-19(18)25)28-29-24(30)33-15-22(31)27-20-10-9-16(2)14-17(20)3/h4-10,14H,1,11-13,15H2,2-3H3,(H,26,32)(H,27,31). The van der Waals surface area contributed by atoms with E-state index in [1.165, 1.54) is 30.0 Å². The first-order valence-corrected chi connectivity index (χ1v) is 11.4. The Balaban J connectivity index is 1.57. The summed E-state index contributed by atoms with van der Waals surface area (Å²) in [6.07, 6.45) is 2.11. The second-order valence-corrected chi connectivity index (χ2v) is 8.38. The van der Waals surface area contributed by atoms with Crippen LogP contribution in [-0.2, 0) is 17.8 Å². The summed E-state index contributed by atoms with van der Waals surface area (Å²) in [5.41, 5.74) is 2.92. The van der Waals surface area contributed by atoms with Gasteiger partial charge in [-0.15, -0.1) is 16.8 Å². The lowest BCUT2D eigenvalue weighted by atomic mass is 10.1. The van der Waals surface area contributed by atoms with Gasteiger partial charge in [-0.25, -0.2) is 4.39 Å². The van der Waals surface area contributed by atoms with Crippen LogP contribution in [0.5, 0.6) is 0 Å². The van der Waals surface area contributed by atoms with Crippen LogP contribution in [0.3, 0.4) is 0 Å². The largest absolute Gasteiger partial charge is 0.351 e. The number of hydrogen-bond acceptors (Lipinski definition) is 5. The van der Waals surface area contributed by atoms with Crippen molar-refractivity contribution in [3.63, 3.8) is 0 Å². The van der Waals surface area contributed by atoms with Crippen LogP contribution in [0.15, 0.2) is 60.3 Å². The van der Waals surface area contributed by atoms with E-state index in [2.05, 4.69) is 27.4 Å². The van der Waals surface area contributed by atoms with Gasteiger partial charge in [-0.3, -0.25) is 9.59 Å². The topological polar surface area (TPSA) is 88.9 Å². The number of carbonyl (C=O) groups is 2. The summed E-state index contributed by atoms with van der Waals surface area (Å²) in [5.74, 6) is -0.380. The molecule has 1 aromatic heterocycles. The average Bonchev–Trinajstić information content (AvgIpc) is 3.16. The number of thioether (sulfide) groups is 1. The van der Waals surface area contributed by atoms with Crippen LogP contribution in [0, 0.1) is 19.7 Å². The summed E-state index contributed by atoms with van der Waals surface area (Å²) in [6, 6.07) is 11.7. The van der Waals surface area contributed by atoms with E-state index in [4.69, 9.17) is 0 Å². The van der Waals surface area contributed by atoms with Gasteiger partial charge in [0.25, 0.3) is 5.91 Å². The molecule has 33 heavy (non-hydrogen) atoms. The highest BCUT2D eigenvalue weighted by atomic mass is 32.2. The molecule has 7 nitrogen and oxygen atoms in total. The quantitative estimate of drug-likeness (QED) is 0.349. The van der Waals surface area contributed by atoms with Gasteiger partial charge in [0, 0.05) is 25.2 Å². The van der Waals surface area contributed by atoms with Crippen LogP contribution < -0.4 is 10.6 Å². The van der Waals surface area contributed by atoms with Crippen molar-refractivity contribution in [2.75, 3.05) is 17.6 Å². The van der Waals surface area contributed by atoms with Crippen LogP contribution in [0.1, 0.15) is 27.3 Å². The molecule has 0 fully saturated rings. The molecule has 2 aromatic carbocycles. The number of allylic oxidation sites excluding steroid dienone is 1. The molecule has 0 saturated heterocycles. The molecule has 0 atom stereocenters. The molecule has 0 radical (unpaired) electrons. The summed E-state index contributed by atoms with van der Waals surface area (Å²) in [4.78, 5) is 24.6. The molecule has 2 amide bonds. The number of rotatable bonds is 10. The fraction of sp³-hybridized carbons (Fsp3) is 0.250. The van der Waals surface area contributed by atoms with E-state index in [0.717, 1.165) is 16.8 Å². The zero-order valence-corrected chi connectivity index (χ0v) is 19.4. The molecule has 1 heterocycles. The minimum atomic E-state index is -0.567. The maximum absolute atomic E-state index is 13.8. The van der Waals surface area contributed by atoms with E-state index in [-0.39, 0.29) is 23.8 Å². The molecule has 172 valence electrons. The molecule has 0 aliphatic heterocycles. The van der Waals surface area contributed by atoms with Gasteiger partial charge in [-0.1, -0.05) is 47.7 Å². The Labute approximate surface area is 196 Å². The van der Waals surface area contributed by atoms with E-state index in [1.807, 2.05) is 36.6 Å². The molecule has 0 unspecified atom stereocenters. The van der Waals surface area contributed by atoms with Crippen LogP contribution >= 0.6 is 11.8 Å². The number of halogens is 1. The maximum atomic E-state index is 13.8. The summed E-state index contributed by atoms with van der Waals surface area (Å²) in [6.45, 7) is 8.45. The Morgan fingerprint density at radius 3 is 2.70 bits per heavy atom. The Kier molecular flexibility index (Phi) is 8.37. The van der Waals surface area contributed by atoms with Gasteiger partial charge >= 0.3 is 0 Å². The molecule has 9 heteroatoms. The predicted molar refractivity (Wildman–Crippen MR) is 128 cm³/mol. The zero-order chi connectivity index (χ0) is 23.8. The molecule has 0 aliphatic rings. The Hall–Kier alpha value is -3.46. The molecule has 0 aliphatic carbocycles. The molecule has 3 aromatic rings. The van der Waals surface area contributed by atoms with E-state index in [9.17, 15) is 14.0 Å². The van der Waals surface area contributed by atoms with E-state index in [1.54, 1.807) is 12.1 Å². The zero-order valence-electron chi connectivity index (χ0n) is 18.6. The van der Waals surface area contributed by atoms with E-state index >= 15 is 0 Å². The number of aryl methyl sites for hydroxylation is 2. The third-order valence-electron chi connectivity index (χ3n) is 4.85. The summed E-state index contributed by atoms with van der Waals surface area (Å²) >= 11 is 1.28. The molecular weight excluding hydrogens is 441 g/mol. The van der Waals surface area contributed by atoms with Crippen LogP contribution in [-0.4, -0.2) is 38.9 Å². The van der Waals surface area contributed by atoms with E-state index < -0.39 is 11.7 Å².